The number of carbonyl (C=O) groups excluding carboxylic acids is 1. The second kappa shape index (κ2) is 7.26. The van der Waals surface area contributed by atoms with Gasteiger partial charge in [0.15, 0.2) is 0 Å². The van der Waals surface area contributed by atoms with E-state index in [0.29, 0.717) is 12.6 Å². The SMILES string of the molecule is CN(Cc1csc(/C=C/C(=O)O)c1)C(=O)NC1CCCC1. The Balaban J connectivity index is 1.85. The van der Waals surface area contributed by atoms with Crippen LogP contribution in [0.25, 0.3) is 6.08 Å². The maximum absolute atomic E-state index is 12.1. The van der Waals surface area contributed by atoms with Crippen molar-refractivity contribution in [3.8, 4) is 0 Å². The van der Waals surface area contributed by atoms with E-state index in [2.05, 4.69) is 5.32 Å². The Morgan fingerprint density at radius 1 is 1.48 bits per heavy atom. The molecule has 1 heterocycles. The second-order valence-corrected chi connectivity index (χ2v) is 6.26. The zero-order valence-electron chi connectivity index (χ0n) is 12.0. The van der Waals surface area contributed by atoms with Crippen LogP contribution in [-0.2, 0) is 11.3 Å². The molecule has 0 aromatic carbocycles. The largest absolute Gasteiger partial charge is 0.478 e. The minimum atomic E-state index is -0.960. The quantitative estimate of drug-likeness (QED) is 0.822. The summed E-state index contributed by atoms with van der Waals surface area (Å²) in [5.41, 5.74) is 1.01. The van der Waals surface area contributed by atoms with Crippen LogP contribution in [0, 0.1) is 0 Å². The Morgan fingerprint density at radius 3 is 2.86 bits per heavy atom. The first kappa shape index (κ1) is 15.6. The molecule has 0 radical (unpaired) electrons. The summed E-state index contributed by atoms with van der Waals surface area (Å²) in [6, 6.07) is 2.18. The number of hydrogen-bond donors (Lipinski definition) is 2. The number of urea groups is 1. The number of nitrogens with zero attached hydrogens (tertiary/aromatic N) is 1. The van der Waals surface area contributed by atoms with Gasteiger partial charge < -0.3 is 15.3 Å². The molecule has 1 fully saturated rings. The van der Waals surface area contributed by atoms with Crippen molar-refractivity contribution in [2.45, 2.75) is 38.3 Å². The molecule has 0 bridgehead atoms. The maximum Gasteiger partial charge on any atom is 0.328 e. The van der Waals surface area contributed by atoms with Crippen molar-refractivity contribution in [2.24, 2.45) is 0 Å². The van der Waals surface area contributed by atoms with Gasteiger partial charge in [0.2, 0.25) is 0 Å². The lowest BCUT2D eigenvalue weighted by molar-refractivity contribution is -0.131. The fourth-order valence-corrected chi connectivity index (χ4v) is 3.21. The van der Waals surface area contributed by atoms with Crippen molar-refractivity contribution in [1.29, 1.82) is 0 Å². The number of aliphatic carboxylic acids is 1. The van der Waals surface area contributed by atoms with Crippen LogP contribution in [0.15, 0.2) is 17.5 Å². The highest BCUT2D eigenvalue weighted by molar-refractivity contribution is 7.11. The van der Waals surface area contributed by atoms with Crippen molar-refractivity contribution in [3.63, 3.8) is 0 Å². The first-order chi connectivity index (χ1) is 10.0. The third kappa shape index (κ3) is 4.90. The topological polar surface area (TPSA) is 69.6 Å². The molecule has 1 aromatic rings. The van der Waals surface area contributed by atoms with Gasteiger partial charge in [0.25, 0.3) is 0 Å². The lowest BCUT2D eigenvalue weighted by Crippen LogP contribution is -2.41. The molecule has 5 nitrogen and oxygen atoms in total. The van der Waals surface area contributed by atoms with Crippen LogP contribution in [0.5, 0.6) is 0 Å². The Labute approximate surface area is 128 Å². The zero-order valence-corrected chi connectivity index (χ0v) is 12.9. The number of rotatable bonds is 5. The molecule has 6 heteroatoms. The van der Waals surface area contributed by atoms with E-state index >= 15 is 0 Å². The number of carbonyl (C=O) groups is 2. The van der Waals surface area contributed by atoms with Crippen LogP contribution < -0.4 is 5.32 Å². The molecule has 0 saturated heterocycles. The second-order valence-electron chi connectivity index (χ2n) is 5.32. The lowest BCUT2D eigenvalue weighted by atomic mass is 10.2. The molecule has 1 aromatic heterocycles. The van der Waals surface area contributed by atoms with E-state index in [1.807, 2.05) is 11.4 Å². The van der Waals surface area contributed by atoms with E-state index in [1.165, 1.54) is 24.2 Å². The molecule has 114 valence electrons. The van der Waals surface area contributed by atoms with Gasteiger partial charge in [0.05, 0.1) is 0 Å². The van der Waals surface area contributed by atoms with E-state index in [-0.39, 0.29) is 6.03 Å². The molecular weight excluding hydrogens is 288 g/mol. The average Bonchev–Trinajstić information content (AvgIpc) is 3.08. The van der Waals surface area contributed by atoms with Gasteiger partial charge in [-0.3, -0.25) is 0 Å². The highest BCUT2D eigenvalue weighted by atomic mass is 32.1. The third-order valence-electron chi connectivity index (χ3n) is 3.51. The van der Waals surface area contributed by atoms with Gasteiger partial charge in [-0.2, -0.15) is 0 Å². The van der Waals surface area contributed by atoms with Crippen molar-refractivity contribution >= 4 is 29.4 Å². The smallest absolute Gasteiger partial charge is 0.328 e. The number of carboxylic acids is 1. The van der Waals surface area contributed by atoms with Crippen LogP contribution in [-0.4, -0.2) is 35.1 Å². The van der Waals surface area contributed by atoms with Gasteiger partial charge in [0, 0.05) is 30.6 Å². The molecule has 0 atom stereocenters. The Morgan fingerprint density at radius 2 is 2.19 bits per heavy atom. The van der Waals surface area contributed by atoms with Crippen LogP contribution in [0.2, 0.25) is 0 Å². The lowest BCUT2D eigenvalue weighted by Gasteiger charge is -2.20. The monoisotopic (exact) mass is 308 g/mol. The van der Waals surface area contributed by atoms with Gasteiger partial charge in [0.1, 0.15) is 0 Å². The number of amides is 2. The molecule has 2 rings (SSSR count). The minimum Gasteiger partial charge on any atom is -0.478 e. The molecule has 0 unspecified atom stereocenters. The number of nitrogens with one attached hydrogen (secondary N) is 1. The van der Waals surface area contributed by atoms with Crippen molar-refractivity contribution in [3.05, 3.63) is 28.0 Å². The third-order valence-corrected chi connectivity index (χ3v) is 4.46. The standard InChI is InChI=1S/C15H20N2O3S/c1-17(15(20)16-12-4-2-3-5-12)9-11-8-13(21-10-11)6-7-14(18)19/h6-8,10,12H,2-5,9H2,1H3,(H,16,20)(H,18,19)/b7-6+. The molecular formula is C15H20N2O3S. The first-order valence-corrected chi connectivity index (χ1v) is 7.92. The Hall–Kier alpha value is -1.82. The van der Waals surface area contributed by atoms with Gasteiger partial charge in [-0.05, 0) is 35.9 Å². The number of thiophene rings is 1. The molecule has 0 aliphatic heterocycles. The molecule has 1 saturated carbocycles. The van der Waals surface area contributed by atoms with Gasteiger partial charge in [-0.25, -0.2) is 9.59 Å². The highest BCUT2D eigenvalue weighted by Gasteiger charge is 2.19. The normalized spacial score (nSPS) is 15.5. The molecule has 2 N–H and O–H groups in total. The Bertz CT molecular complexity index is 533. The fraction of sp³-hybridized carbons (Fsp3) is 0.467. The number of carboxylic acid groups (broad SMARTS) is 1. The van der Waals surface area contributed by atoms with E-state index in [4.69, 9.17) is 5.11 Å². The summed E-state index contributed by atoms with van der Waals surface area (Å²) in [4.78, 5) is 25.0. The predicted octanol–water partition coefficient (Wildman–Crippen LogP) is 2.93. The Kier molecular flexibility index (Phi) is 5.38. The summed E-state index contributed by atoms with van der Waals surface area (Å²) in [7, 11) is 1.77. The molecule has 21 heavy (non-hydrogen) atoms. The first-order valence-electron chi connectivity index (χ1n) is 7.04. The highest BCUT2D eigenvalue weighted by Crippen LogP contribution is 2.19. The van der Waals surface area contributed by atoms with E-state index in [0.717, 1.165) is 29.4 Å². The molecule has 1 aliphatic carbocycles. The minimum absolute atomic E-state index is 0.0456. The average molecular weight is 308 g/mol. The molecule has 0 spiro atoms. The van der Waals surface area contributed by atoms with Gasteiger partial charge in [-0.15, -0.1) is 11.3 Å². The van der Waals surface area contributed by atoms with E-state index in [1.54, 1.807) is 18.0 Å². The number of hydrogen-bond acceptors (Lipinski definition) is 3. The molecule has 1 aliphatic rings. The predicted molar refractivity (Wildman–Crippen MR) is 83.2 cm³/mol. The van der Waals surface area contributed by atoms with Gasteiger partial charge in [-0.1, -0.05) is 12.8 Å². The van der Waals surface area contributed by atoms with Crippen LogP contribution in [0.1, 0.15) is 36.1 Å². The zero-order chi connectivity index (χ0) is 15.2. The van der Waals surface area contributed by atoms with Crippen molar-refractivity contribution < 1.29 is 14.7 Å². The fourth-order valence-electron chi connectivity index (χ4n) is 2.42. The summed E-state index contributed by atoms with van der Waals surface area (Å²) in [5.74, 6) is -0.960. The van der Waals surface area contributed by atoms with Crippen LogP contribution in [0.3, 0.4) is 0 Å². The van der Waals surface area contributed by atoms with Crippen LogP contribution in [0.4, 0.5) is 4.79 Å². The van der Waals surface area contributed by atoms with Crippen LogP contribution >= 0.6 is 11.3 Å². The summed E-state index contributed by atoms with van der Waals surface area (Å²) in [6.07, 6.45) is 7.21. The molecule has 2 amide bonds. The van der Waals surface area contributed by atoms with Gasteiger partial charge >= 0.3 is 12.0 Å². The van der Waals surface area contributed by atoms with Crippen molar-refractivity contribution in [1.82, 2.24) is 10.2 Å². The summed E-state index contributed by atoms with van der Waals surface area (Å²) in [5, 5.41) is 13.6. The van der Waals surface area contributed by atoms with E-state index < -0.39 is 5.97 Å². The summed E-state index contributed by atoms with van der Waals surface area (Å²) in [6.45, 7) is 0.524. The van der Waals surface area contributed by atoms with E-state index in [9.17, 15) is 9.59 Å². The summed E-state index contributed by atoms with van der Waals surface area (Å²) < 4.78 is 0. The van der Waals surface area contributed by atoms with Crippen molar-refractivity contribution in [2.75, 3.05) is 7.05 Å². The summed E-state index contributed by atoms with van der Waals surface area (Å²) >= 11 is 1.47. The maximum atomic E-state index is 12.1.